The summed E-state index contributed by atoms with van der Waals surface area (Å²) >= 11 is 7.13. The van der Waals surface area contributed by atoms with Crippen LogP contribution < -0.4 is 90.6 Å². The van der Waals surface area contributed by atoms with Crippen LogP contribution in [-0.2, 0) is 0 Å². The Morgan fingerprint density at radius 3 is 1.42 bits per heavy atom. The van der Waals surface area contributed by atoms with E-state index in [0.29, 0.717) is 23.7 Å². The van der Waals surface area contributed by atoms with E-state index in [4.69, 9.17) is 11.6 Å². The van der Waals surface area contributed by atoms with Gasteiger partial charge in [0.25, 0.3) is 0 Å². The van der Waals surface area contributed by atoms with Gasteiger partial charge in [-0.15, -0.1) is 0 Å². The molecule has 2 nitrogen and oxygen atoms in total. The summed E-state index contributed by atoms with van der Waals surface area (Å²) < 4.78 is 4.35. The van der Waals surface area contributed by atoms with Crippen LogP contribution in [0.5, 0.6) is 0 Å². The van der Waals surface area contributed by atoms with Crippen molar-refractivity contribution in [2.24, 2.45) is 0 Å². The zero-order valence-corrected chi connectivity index (χ0v) is 29.2. The van der Waals surface area contributed by atoms with Gasteiger partial charge in [-0.1, -0.05) is 91.8 Å². The number of nitrogens with zero attached hydrogens (tertiary/aromatic N) is 2. The molecule has 0 amide bonds. The fraction of sp³-hybridized carbons (Fsp3) is 0.444. The van der Waals surface area contributed by atoms with Gasteiger partial charge in [0.1, 0.15) is 23.8 Å². The Bertz CT molecular complexity index is 909. The maximum Gasteiger partial charge on any atom is 1.00 e. The van der Waals surface area contributed by atoms with Gasteiger partial charge in [-0.05, 0) is 23.7 Å². The number of hydrogen-bond donors (Lipinski definition) is 0. The van der Waals surface area contributed by atoms with Crippen LogP contribution in [0.1, 0.15) is 101 Å². The van der Waals surface area contributed by atoms with Crippen molar-refractivity contribution in [1.29, 1.82) is 0 Å². The molecule has 0 N–H and O–H groups in total. The Morgan fingerprint density at radius 2 is 1.06 bits per heavy atom. The van der Waals surface area contributed by atoms with Gasteiger partial charge in [0.2, 0.25) is 0 Å². The molecule has 1 aromatic heterocycles. The molecule has 0 bridgehead atoms. The Balaban J connectivity index is 0.00000341. The molecule has 0 fully saturated rings. The van der Waals surface area contributed by atoms with Gasteiger partial charge < -0.3 is 17.1 Å². The minimum absolute atomic E-state index is 0. The average molecular weight is 611 g/mol. The summed E-state index contributed by atoms with van der Waals surface area (Å²) in [6, 6.07) is 13.3. The van der Waals surface area contributed by atoms with Crippen molar-refractivity contribution in [2.75, 3.05) is 0 Å². The van der Waals surface area contributed by atoms with Crippen molar-refractivity contribution in [3.05, 3.63) is 76.3 Å². The molecular weight excluding hydrogens is 575 g/mol. The average Bonchev–Trinajstić information content (AvgIpc) is 3.07. The van der Waals surface area contributed by atoms with Crippen LogP contribution in [0.25, 0.3) is 11.4 Å². The van der Waals surface area contributed by atoms with Crippen molar-refractivity contribution in [2.45, 2.75) is 79.1 Å². The molecule has 0 aliphatic heterocycles. The number of halogens is 3. The molecule has 0 saturated heterocycles. The minimum atomic E-state index is 0. The summed E-state index contributed by atoms with van der Waals surface area (Å²) in [5.41, 5.74) is 7.75. The largest absolute Gasteiger partial charge is 1.00 e. The summed E-state index contributed by atoms with van der Waals surface area (Å²) in [6.07, 6.45) is 4.24. The summed E-state index contributed by atoms with van der Waals surface area (Å²) in [5.74, 6) is 1.67. The fourth-order valence-corrected chi connectivity index (χ4v) is 4.57. The number of aromatic nitrogens is 2. The predicted molar refractivity (Wildman–Crippen MR) is 129 cm³/mol. The molecule has 0 saturated carbocycles. The van der Waals surface area contributed by atoms with Crippen LogP contribution in [0, 0.1) is 0 Å². The van der Waals surface area contributed by atoms with Crippen molar-refractivity contribution < 1.29 is 90.6 Å². The molecular formula is C27H36Cl2CsFN2. The van der Waals surface area contributed by atoms with Gasteiger partial charge in [-0.2, -0.15) is 9.13 Å². The van der Waals surface area contributed by atoms with E-state index in [2.05, 4.69) is 113 Å². The number of hydrogen-bond acceptors (Lipinski definition) is 0. The Kier molecular flexibility index (Phi) is 14.2. The number of benzene rings is 2. The van der Waals surface area contributed by atoms with Crippen LogP contribution >= 0.6 is 11.6 Å². The molecule has 0 aliphatic carbocycles. The molecule has 0 atom stereocenters. The van der Waals surface area contributed by atoms with Gasteiger partial charge >= 0.3 is 74.2 Å². The zero-order chi connectivity index (χ0) is 22.2. The van der Waals surface area contributed by atoms with Crippen LogP contribution in [0.3, 0.4) is 0 Å². The van der Waals surface area contributed by atoms with Crippen molar-refractivity contribution in [3.63, 3.8) is 0 Å². The van der Waals surface area contributed by atoms with E-state index in [1.807, 2.05) is 0 Å². The second-order valence-corrected chi connectivity index (χ2v) is 9.83. The van der Waals surface area contributed by atoms with Gasteiger partial charge in [0, 0.05) is 33.9 Å². The van der Waals surface area contributed by atoms with Crippen LogP contribution in [0.4, 0.5) is 0 Å². The van der Waals surface area contributed by atoms with Crippen molar-refractivity contribution >= 4 is 11.6 Å². The van der Waals surface area contributed by atoms with E-state index in [9.17, 15) is 0 Å². The third kappa shape index (κ3) is 6.91. The first-order valence-electron chi connectivity index (χ1n) is 11.2. The molecule has 2 aromatic carbocycles. The topological polar surface area (TPSA) is 8.81 Å². The number of imidazole rings is 1. The second kappa shape index (κ2) is 14.1. The van der Waals surface area contributed by atoms with Gasteiger partial charge in [0.15, 0.2) is 0 Å². The fourth-order valence-electron chi connectivity index (χ4n) is 4.29. The van der Waals surface area contributed by atoms with E-state index in [1.54, 1.807) is 0 Å². The molecule has 1 heterocycles. The van der Waals surface area contributed by atoms with E-state index >= 15 is 0 Å². The van der Waals surface area contributed by atoms with E-state index in [1.165, 1.54) is 33.6 Å². The van der Waals surface area contributed by atoms with Crippen molar-refractivity contribution in [3.8, 4) is 11.4 Å². The van der Waals surface area contributed by atoms with Gasteiger partial charge in [-0.3, -0.25) is 0 Å². The molecule has 33 heavy (non-hydrogen) atoms. The first kappa shape index (κ1) is 33.2. The Morgan fingerprint density at radius 1 is 0.697 bits per heavy atom. The van der Waals surface area contributed by atoms with Crippen LogP contribution in [0.15, 0.2) is 48.8 Å². The molecule has 3 aromatic rings. The SMILES string of the molecule is CC(C)c1cccc(C(C)C)c1-n1cc[n+](-c2c(C(C)C)cccc2C(C)C)c1Cl.[Cl-].[Cs+].[F-]. The third-order valence-electron chi connectivity index (χ3n) is 5.93. The summed E-state index contributed by atoms with van der Waals surface area (Å²) in [6.45, 7) is 18.0. The zero-order valence-electron chi connectivity index (χ0n) is 21.5. The van der Waals surface area contributed by atoms with Crippen LogP contribution in [-0.4, -0.2) is 4.57 Å². The van der Waals surface area contributed by atoms with Gasteiger partial charge in [-0.25, -0.2) is 0 Å². The second-order valence-electron chi connectivity index (χ2n) is 9.50. The number of rotatable bonds is 6. The molecule has 0 spiro atoms. The van der Waals surface area contributed by atoms with E-state index < -0.39 is 0 Å². The maximum atomic E-state index is 7.13. The number of para-hydroxylation sites is 2. The van der Waals surface area contributed by atoms with Crippen molar-refractivity contribution in [1.82, 2.24) is 4.57 Å². The first-order valence-corrected chi connectivity index (χ1v) is 11.6. The summed E-state index contributed by atoms with van der Waals surface area (Å²) in [5, 5.41) is 0.722. The standard InChI is InChI=1S/C27H36ClN2.ClH.Cs.FH/c1-17(2)21-11-9-12-22(18(3)4)25(21)29-15-16-30(27(29)28)26-23(19(5)6)13-10-14-24(26)20(7)8;;;/h9-20H,1-8H3;1H;;1H/q+1;;+1;/p-2. The Labute approximate surface area is 269 Å². The molecule has 3 rings (SSSR count). The van der Waals surface area contributed by atoms with Gasteiger partial charge in [0.05, 0.1) is 0 Å². The Hall–Kier alpha value is 0.212. The summed E-state index contributed by atoms with van der Waals surface area (Å²) in [7, 11) is 0. The first-order chi connectivity index (χ1) is 14.1. The molecule has 6 heteroatoms. The molecule has 176 valence electrons. The maximum absolute atomic E-state index is 7.13. The monoisotopic (exact) mass is 610 g/mol. The van der Waals surface area contributed by atoms with E-state index in [-0.39, 0.29) is 86.0 Å². The smallest absolute Gasteiger partial charge is 1.00 e. The molecule has 0 radical (unpaired) electrons. The quantitative estimate of drug-likeness (QED) is 0.314. The van der Waals surface area contributed by atoms with E-state index in [0.717, 1.165) is 5.28 Å². The minimum Gasteiger partial charge on any atom is -1.00 e. The summed E-state index contributed by atoms with van der Waals surface area (Å²) in [4.78, 5) is 0. The molecule has 0 unspecified atom stereocenters. The van der Waals surface area contributed by atoms with Crippen LogP contribution in [0.2, 0.25) is 5.28 Å². The molecule has 0 aliphatic rings. The normalized spacial score (nSPS) is 10.9. The predicted octanol–water partition coefficient (Wildman–Crippen LogP) is -1.09. The third-order valence-corrected chi connectivity index (χ3v) is 6.29.